The van der Waals surface area contributed by atoms with Crippen molar-refractivity contribution in [2.75, 3.05) is 11.6 Å². The van der Waals surface area contributed by atoms with Gasteiger partial charge in [-0.3, -0.25) is 0 Å². The molecule has 5 nitrogen and oxygen atoms in total. The van der Waals surface area contributed by atoms with E-state index >= 15 is 0 Å². The molecule has 0 radical (unpaired) electrons. The van der Waals surface area contributed by atoms with Gasteiger partial charge in [0.2, 0.25) is 11.1 Å². The first-order valence-corrected chi connectivity index (χ1v) is 12.8. The number of thiophene rings is 1. The van der Waals surface area contributed by atoms with Gasteiger partial charge in [0.05, 0.1) is 5.70 Å². The number of ether oxygens (including phenoxy) is 1. The monoisotopic (exact) mass is 498 g/mol. The van der Waals surface area contributed by atoms with Gasteiger partial charge in [0.25, 0.3) is 0 Å². The lowest BCUT2D eigenvalue weighted by atomic mass is 9.87. The van der Waals surface area contributed by atoms with Crippen molar-refractivity contribution in [1.29, 1.82) is 0 Å². The SMILES string of the molecule is CSc1nc2n(n1)[C@H](c1cccs1)C1=C(N2)c2cc(Cl)ccc2O[C@H]1c1ccc(Cl)cc1. The molecule has 0 unspecified atom stereocenters. The molecular formula is C23H16Cl2N4OS2. The zero-order valence-corrected chi connectivity index (χ0v) is 19.9. The van der Waals surface area contributed by atoms with Crippen LogP contribution in [-0.4, -0.2) is 21.0 Å². The first-order valence-electron chi connectivity index (χ1n) is 9.89. The predicted octanol–water partition coefficient (Wildman–Crippen LogP) is 6.93. The van der Waals surface area contributed by atoms with E-state index < -0.39 is 0 Å². The number of fused-ring (bicyclic) bond motifs is 3. The van der Waals surface area contributed by atoms with Crippen molar-refractivity contribution < 1.29 is 4.74 Å². The Bertz CT molecular complexity index is 1350. The molecule has 160 valence electrons. The number of hydrogen-bond acceptors (Lipinski definition) is 6. The lowest BCUT2D eigenvalue weighted by Gasteiger charge is -2.38. The summed E-state index contributed by atoms with van der Waals surface area (Å²) in [4.78, 5) is 5.87. The van der Waals surface area contributed by atoms with Gasteiger partial charge < -0.3 is 10.1 Å². The summed E-state index contributed by atoms with van der Waals surface area (Å²) in [7, 11) is 0. The van der Waals surface area contributed by atoms with E-state index in [1.54, 1.807) is 11.3 Å². The van der Waals surface area contributed by atoms with E-state index in [-0.39, 0.29) is 12.1 Å². The molecule has 6 rings (SSSR count). The highest BCUT2D eigenvalue weighted by atomic mass is 35.5. The van der Waals surface area contributed by atoms with E-state index in [2.05, 4.69) is 22.8 Å². The van der Waals surface area contributed by atoms with Crippen molar-refractivity contribution in [2.45, 2.75) is 17.3 Å². The predicted molar refractivity (Wildman–Crippen MR) is 131 cm³/mol. The molecule has 0 amide bonds. The third-order valence-electron chi connectivity index (χ3n) is 5.58. The van der Waals surface area contributed by atoms with E-state index in [0.717, 1.165) is 33.0 Å². The minimum atomic E-state index is -0.328. The lowest BCUT2D eigenvalue weighted by molar-refractivity contribution is 0.223. The van der Waals surface area contributed by atoms with E-state index in [4.69, 9.17) is 38.0 Å². The Morgan fingerprint density at radius 1 is 1.09 bits per heavy atom. The Kier molecular flexibility index (Phi) is 4.95. The molecule has 1 N–H and O–H groups in total. The number of hydrogen-bond donors (Lipinski definition) is 1. The number of nitrogens with one attached hydrogen (secondary N) is 1. The van der Waals surface area contributed by atoms with Crippen molar-refractivity contribution in [1.82, 2.24) is 14.8 Å². The van der Waals surface area contributed by atoms with E-state index in [1.165, 1.54) is 11.8 Å². The van der Waals surface area contributed by atoms with Crippen molar-refractivity contribution >= 4 is 57.9 Å². The van der Waals surface area contributed by atoms with Crippen LogP contribution in [-0.2, 0) is 0 Å². The molecule has 0 fully saturated rings. The molecule has 2 aromatic carbocycles. The van der Waals surface area contributed by atoms with Gasteiger partial charge in [-0.2, -0.15) is 4.98 Å². The van der Waals surface area contributed by atoms with Crippen molar-refractivity contribution in [3.8, 4) is 5.75 Å². The highest BCUT2D eigenvalue weighted by Gasteiger charge is 2.41. The lowest BCUT2D eigenvalue weighted by Crippen LogP contribution is -2.32. The van der Waals surface area contributed by atoms with Crippen molar-refractivity contribution in [3.63, 3.8) is 0 Å². The number of anilines is 1. The molecule has 4 heterocycles. The summed E-state index contributed by atoms with van der Waals surface area (Å²) >= 11 is 15.8. The Morgan fingerprint density at radius 2 is 1.91 bits per heavy atom. The van der Waals surface area contributed by atoms with E-state index in [9.17, 15) is 0 Å². The molecular weight excluding hydrogens is 483 g/mol. The van der Waals surface area contributed by atoms with Gasteiger partial charge >= 0.3 is 0 Å². The molecule has 32 heavy (non-hydrogen) atoms. The number of benzene rings is 2. The molecule has 0 bridgehead atoms. The zero-order chi connectivity index (χ0) is 21.8. The molecule has 2 atom stereocenters. The fraction of sp³-hybridized carbons (Fsp3) is 0.130. The quantitative estimate of drug-likeness (QED) is 0.310. The summed E-state index contributed by atoms with van der Waals surface area (Å²) in [5, 5.41) is 12.5. The summed E-state index contributed by atoms with van der Waals surface area (Å²) in [5.41, 5.74) is 3.95. The average molecular weight is 499 g/mol. The van der Waals surface area contributed by atoms with Crippen LogP contribution < -0.4 is 10.1 Å². The largest absolute Gasteiger partial charge is 0.480 e. The van der Waals surface area contributed by atoms with Crippen molar-refractivity contribution in [2.24, 2.45) is 0 Å². The van der Waals surface area contributed by atoms with Crippen LogP contribution in [0.2, 0.25) is 10.0 Å². The number of thioether (sulfide) groups is 1. The summed E-state index contributed by atoms with van der Waals surface area (Å²) in [6.07, 6.45) is 1.65. The van der Waals surface area contributed by atoms with Crippen molar-refractivity contribution in [3.05, 3.63) is 91.6 Å². The maximum Gasteiger partial charge on any atom is 0.227 e. The Labute approximate surface area is 203 Å². The molecule has 9 heteroatoms. The van der Waals surface area contributed by atoms with Gasteiger partial charge in [0.15, 0.2) is 0 Å². The minimum Gasteiger partial charge on any atom is -0.480 e. The zero-order valence-electron chi connectivity index (χ0n) is 16.8. The number of aromatic nitrogens is 3. The standard InChI is InChI=1S/C23H16Cl2N4OS2/c1-31-23-27-22-26-19-15-11-14(25)8-9-16(15)30-21(12-4-6-13(24)7-5-12)18(19)20(29(22)28-23)17-3-2-10-32-17/h2-11,20-21H,1H3,(H,26,27,28)/t20-,21+/m1/s1. The molecule has 2 aromatic heterocycles. The van der Waals surface area contributed by atoms with Gasteiger partial charge in [-0.05, 0) is 53.6 Å². The minimum absolute atomic E-state index is 0.164. The van der Waals surface area contributed by atoms with Crippen LogP contribution in [0, 0.1) is 0 Å². The van der Waals surface area contributed by atoms with Crippen LogP contribution in [0.15, 0.2) is 70.7 Å². The third-order valence-corrected chi connectivity index (χ3v) is 7.53. The fourth-order valence-electron chi connectivity index (χ4n) is 4.20. The molecule has 2 aliphatic rings. The van der Waals surface area contributed by atoms with Gasteiger partial charge in [-0.1, -0.05) is 53.2 Å². The topological polar surface area (TPSA) is 52.0 Å². The second kappa shape index (κ2) is 7.85. The van der Waals surface area contributed by atoms with Crippen LogP contribution in [0.4, 0.5) is 5.95 Å². The number of nitrogens with zero attached hydrogens (tertiary/aromatic N) is 3. The third kappa shape index (κ3) is 3.23. The summed E-state index contributed by atoms with van der Waals surface area (Å²) in [6, 6.07) is 17.5. The molecule has 0 saturated heterocycles. The van der Waals surface area contributed by atoms with Crippen LogP contribution >= 0.6 is 46.3 Å². The molecule has 4 aromatic rings. The fourth-order valence-corrected chi connectivity index (χ4v) is 5.67. The number of rotatable bonds is 3. The normalized spacial score (nSPS) is 19.0. The van der Waals surface area contributed by atoms with Crippen LogP contribution in [0.3, 0.4) is 0 Å². The Balaban J connectivity index is 1.63. The average Bonchev–Trinajstić information content (AvgIpc) is 3.47. The van der Waals surface area contributed by atoms with Crippen LogP contribution in [0.1, 0.15) is 28.1 Å². The second-order valence-corrected chi connectivity index (χ2v) is 10.1. The first kappa shape index (κ1) is 20.2. The highest BCUT2D eigenvalue weighted by Crippen LogP contribution is 2.52. The maximum absolute atomic E-state index is 6.60. The molecule has 2 aliphatic heterocycles. The molecule has 0 spiro atoms. The second-order valence-electron chi connectivity index (χ2n) is 7.43. The first-order chi connectivity index (χ1) is 15.6. The van der Waals surface area contributed by atoms with Gasteiger partial charge in [-0.15, -0.1) is 16.4 Å². The maximum atomic E-state index is 6.60. The Hall–Kier alpha value is -2.45. The number of halogens is 2. The van der Waals surface area contributed by atoms with Gasteiger partial charge in [-0.25, -0.2) is 4.68 Å². The molecule has 0 saturated carbocycles. The highest BCUT2D eigenvalue weighted by molar-refractivity contribution is 7.98. The van der Waals surface area contributed by atoms with E-state index in [0.29, 0.717) is 21.2 Å². The smallest absolute Gasteiger partial charge is 0.227 e. The van der Waals surface area contributed by atoms with Crippen LogP contribution in [0.25, 0.3) is 5.70 Å². The van der Waals surface area contributed by atoms with E-state index in [1.807, 2.05) is 53.4 Å². The summed E-state index contributed by atoms with van der Waals surface area (Å²) in [5.74, 6) is 1.47. The summed E-state index contributed by atoms with van der Waals surface area (Å²) < 4.78 is 8.55. The summed E-state index contributed by atoms with van der Waals surface area (Å²) in [6.45, 7) is 0. The van der Waals surface area contributed by atoms with Gasteiger partial charge in [0.1, 0.15) is 17.9 Å². The molecule has 0 aliphatic carbocycles. The van der Waals surface area contributed by atoms with Crippen LogP contribution in [0.5, 0.6) is 5.75 Å². The van der Waals surface area contributed by atoms with Gasteiger partial charge in [0, 0.05) is 26.1 Å². The Morgan fingerprint density at radius 3 is 2.66 bits per heavy atom.